The molecule has 0 amide bonds. The van der Waals surface area contributed by atoms with Crippen LogP contribution < -0.4 is 12.4 Å². The summed E-state index contributed by atoms with van der Waals surface area (Å²) in [5.41, 5.74) is 0. The van der Waals surface area contributed by atoms with Crippen molar-refractivity contribution >= 4 is 0 Å². The largest absolute Gasteiger partial charge is 3.00 e. The van der Waals surface area contributed by atoms with Gasteiger partial charge in [-0.1, -0.05) is 0 Å². The first-order valence-corrected chi connectivity index (χ1v) is 0. The molecule has 0 aliphatic heterocycles. The van der Waals surface area contributed by atoms with Gasteiger partial charge in [0.05, 0.1) is 0 Å². The van der Waals surface area contributed by atoms with Crippen LogP contribution in [0.25, 0.3) is 0 Å². The van der Waals surface area contributed by atoms with Gasteiger partial charge in [0, 0.05) is 0 Å². The summed E-state index contributed by atoms with van der Waals surface area (Å²) in [6.07, 6.45) is 0. The van der Waals surface area contributed by atoms with E-state index in [0.717, 1.165) is 0 Å². The fraction of sp³-hybridized carbons (Fsp3) is 0. The van der Waals surface area contributed by atoms with E-state index in [9.17, 15) is 0 Å². The normalized spacial score (nSPS) is 0. The van der Waals surface area contributed by atoms with Crippen LogP contribution in [0.3, 0.4) is 0 Å². The second-order valence-corrected chi connectivity index (χ2v) is 0. The van der Waals surface area contributed by atoms with Crippen LogP contribution in [0.1, 0.15) is 0 Å². The maximum Gasteiger partial charge on any atom is 3.00 e. The summed E-state index contributed by atoms with van der Waals surface area (Å²) in [4.78, 5) is 0. The zero-order valence-electron chi connectivity index (χ0n) is 1.79. The van der Waals surface area contributed by atoms with Crippen molar-refractivity contribution < 1.29 is 101 Å². The average Bonchev–Trinajstić information content (AvgIpc) is 0. The predicted octanol–water partition coefficient (Wildman–Crippen LogP) is -3.11. The van der Waals surface area contributed by atoms with Crippen LogP contribution in [0.5, 0.6) is 0 Å². The van der Waals surface area contributed by atoms with Crippen LogP contribution in [-0.4, -0.2) is 0 Å². The van der Waals surface area contributed by atoms with Crippen molar-refractivity contribution in [2.75, 3.05) is 0 Å². The molecule has 0 saturated carbocycles. The van der Waals surface area contributed by atoms with Crippen LogP contribution in [0.2, 0.25) is 0 Å². The van der Waals surface area contributed by atoms with Crippen LogP contribution in [0.15, 0.2) is 0 Å². The van der Waals surface area contributed by atoms with Gasteiger partial charge < -0.3 is 17.9 Å². The summed E-state index contributed by atoms with van der Waals surface area (Å²) in [5.74, 6) is 0. The zero-order valence-corrected chi connectivity index (χ0v) is 8.82. The third-order valence-electron chi connectivity index (χ3n) is 0. The molecule has 0 N–H and O–H groups in total. The van der Waals surface area contributed by atoms with E-state index in [1.807, 2.05) is 0 Å². The van der Waals surface area contributed by atoms with Gasteiger partial charge in [-0.15, -0.1) is 0 Å². The molecule has 0 aromatic carbocycles. The van der Waals surface area contributed by atoms with Gasteiger partial charge in [-0.05, 0) is 0 Å². The van der Waals surface area contributed by atoms with E-state index >= 15 is 0 Å². The minimum Gasteiger partial charge on any atom is -2.00 e. The van der Waals surface area contributed by atoms with Gasteiger partial charge in [-0.2, -0.15) is 0 Å². The van der Waals surface area contributed by atoms with Crippen LogP contribution in [-0.2, 0) is 5.48 Å². The molecule has 2 radical (unpaired) electrons. The topological polar surface area (TPSA) is 28.5 Å². The summed E-state index contributed by atoms with van der Waals surface area (Å²) in [5, 5.41) is 0. The molecule has 0 atom stereocenters. The quantitative estimate of drug-likeness (QED) is 0.450. The fourth-order valence-corrected chi connectivity index (χ4v) is 0. The van der Waals surface area contributed by atoms with Crippen molar-refractivity contribution in [3.05, 3.63) is 0 Å². The van der Waals surface area contributed by atoms with E-state index in [-0.39, 0.29) is 101 Å². The van der Waals surface area contributed by atoms with Gasteiger partial charge in [0.15, 0.2) is 0 Å². The zero-order chi connectivity index (χ0) is 0. The standard InChI is InChI=1S/2Ce.ClH.O/h;;1H;/q2*+3;;-2/p-1. The molecule has 0 fully saturated rings. The summed E-state index contributed by atoms with van der Waals surface area (Å²) in [7, 11) is 0. The molecule has 4 heteroatoms. The maximum absolute atomic E-state index is 0. The third kappa shape index (κ3) is 8.89. The second kappa shape index (κ2) is 16.7. The molecular formula is Ce2ClO+3. The van der Waals surface area contributed by atoms with Gasteiger partial charge in [-0.25, -0.2) is 0 Å². The van der Waals surface area contributed by atoms with E-state index in [2.05, 4.69) is 0 Å². The Bertz CT molecular complexity index is 6.00. The number of hydrogen-bond donors (Lipinski definition) is 0. The summed E-state index contributed by atoms with van der Waals surface area (Å²) >= 11 is 0. The smallest absolute Gasteiger partial charge is 2.00 e. The first-order valence-electron chi connectivity index (χ1n) is 0. The van der Waals surface area contributed by atoms with E-state index < -0.39 is 0 Å². The number of hydrogen-bond acceptors (Lipinski definition) is 0. The molecule has 0 aromatic rings. The Balaban J connectivity index is 0. The van der Waals surface area contributed by atoms with Crippen molar-refractivity contribution in [3.63, 3.8) is 0 Å². The van der Waals surface area contributed by atoms with Crippen molar-refractivity contribution in [2.45, 2.75) is 0 Å². The minimum absolute atomic E-state index is 0. The van der Waals surface area contributed by atoms with E-state index in [1.165, 1.54) is 0 Å². The molecule has 0 rings (SSSR count). The molecule has 0 aromatic heterocycles. The van der Waals surface area contributed by atoms with Crippen LogP contribution in [0.4, 0.5) is 0 Å². The SMILES string of the molecule is [Ce+3].[Ce+3].[Cl-].[O-2]. The molecule has 0 bridgehead atoms. The Hall–Kier alpha value is 3.00. The molecule has 18 valence electrons. The average molecular weight is 332 g/mol. The Morgan fingerprint density at radius 3 is 0.750 bits per heavy atom. The van der Waals surface area contributed by atoms with Gasteiger partial charge in [0.1, 0.15) is 0 Å². The molecular weight excluding hydrogens is 332 g/mol. The Morgan fingerprint density at radius 2 is 0.750 bits per heavy atom. The molecule has 0 aliphatic rings. The Kier molecular flexibility index (Phi) is 117. The predicted molar refractivity (Wildman–Crippen MR) is 0.686 cm³/mol. The fourth-order valence-electron chi connectivity index (χ4n) is 0. The van der Waals surface area contributed by atoms with Crippen molar-refractivity contribution in [2.24, 2.45) is 0 Å². The van der Waals surface area contributed by atoms with Gasteiger partial charge in [0.25, 0.3) is 0 Å². The minimum atomic E-state index is 0. The molecule has 0 heterocycles. The van der Waals surface area contributed by atoms with E-state index in [1.54, 1.807) is 0 Å². The summed E-state index contributed by atoms with van der Waals surface area (Å²) < 4.78 is 0. The number of halogens is 1. The van der Waals surface area contributed by atoms with Crippen LogP contribution >= 0.6 is 0 Å². The Morgan fingerprint density at radius 1 is 0.750 bits per heavy atom. The third-order valence-corrected chi connectivity index (χ3v) is 0. The van der Waals surface area contributed by atoms with Crippen molar-refractivity contribution in [1.29, 1.82) is 0 Å². The summed E-state index contributed by atoms with van der Waals surface area (Å²) in [6.45, 7) is 0. The Labute approximate surface area is 98.8 Å². The monoisotopic (exact) mass is 331 g/mol. The van der Waals surface area contributed by atoms with Gasteiger partial charge in [0.2, 0.25) is 0 Å². The molecule has 4 heavy (non-hydrogen) atoms. The second-order valence-electron chi connectivity index (χ2n) is 0. The van der Waals surface area contributed by atoms with Crippen molar-refractivity contribution in [1.82, 2.24) is 0 Å². The van der Waals surface area contributed by atoms with E-state index in [0.29, 0.717) is 0 Å². The van der Waals surface area contributed by atoms with Crippen molar-refractivity contribution in [3.8, 4) is 0 Å². The van der Waals surface area contributed by atoms with E-state index in [4.69, 9.17) is 0 Å². The molecule has 0 aliphatic carbocycles. The van der Waals surface area contributed by atoms with Gasteiger partial charge in [-0.3, -0.25) is 0 Å². The first kappa shape index (κ1) is 28.0. The van der Waals surface area contributed by atoms with Gasteiger partial charge >= 0.3 is 83.5 Å². The number of rotatable bonds is 0. The maximum atomic E-state index is 0. The first-order chi connectivity index (χ1) is 0. The van der Waals surface area contributed by atoms with Crippen LogP contribution in [0, 0.1) is 83.5 Å². The molecule has 0 saturated heterocycles. The molecule has 0 spiro atoms. The molecule has 1 nitrogen and oxygen atoms in total. The summed E-state index contributed by atoms with van der Waals surface area (Å²) in [6, 6.07) is 0. The molecule has 0 unspecified atom stereocenters.